The molecule has 0 radical (unpaired) electrons. The lowest BCUT2D eigenvalue weighted by Crippen LogP contribution is -2.28. The summed E-state index contributed by atoms with van der Waals surface area (Å²) in [6, 6.07) is 7.35. The van der Waals surface area contributed by atoms with Crippen molar-refractivity contribution in [3.8, 4) is 0 Å². The van der Waals surface area contributed by atoms with E-state index in [4.69, 9.17) is 4.74 Å². The summed E-state index contributed by atoms with van der Waals surface area (Å²) in [6.07, 6.45) is 2.58. The van der Waals surface area contributed by atoms with Gasteiger partial charge in [-0.05, 0) is 30.5 Å². The predicted octanol–water partition coefficient (Wildman–Crippen LogP) is 2.22. The van der Waals surface area contributed by atoms with E-state index in [2.05, 4.69) is 10.6 Å². The minimum Gasteiger partial charge on any atom is -0.381 e. The molecule has 2 N–H and O–H groups in total. The number of carbonyl (C=O) groups is 2. The average Bonchev–Trinajstić information content (AvgIpc) is 2.54. The van der Waals surface area contributed by atoms with Gasteiger partial charge in [0.2, 0.25) is 11.8 Å². The Hall–Kier alpha value is -1.53. The predicted molar refractivity (Wildman–Crippen MR) is 93.8 cm³/mol. The number of carbonyl (C=O) groups excluding carboxylic acids is 2. The van der Waals surface area contributed by atoms with Crippen molar-refractivity contribution >= 4 is 29.3 Å². The Morgan fingerprint density at radius 1 is 1.22 bits per heavy atom. The van der Waals surface area contributed by atoms with Gasteiger partial charge < -0.3 is 15.4 Å². The Labute approximate surface area is 141 Å². The van der Waals surface area contributed by atoms with Gasteiger partial charge in [0.1, 0.15) is 0 Å². The molecule has 1 heterocycles. The van der Waals surface area contributed by atoms with Gasteiger partial charge in [-0.3, -0.25) is 9.59 Å². The summed E-state index contributed by atoms with van der Waals surface area (Å²) < 4.78 is 5.33. The van der Waals surface area contributed by atoms with Gasteiger partial charge in [-0.25, -0.2) is 0 Å². The molecule has 1 aromatic carbocycles. The summed E-state index contributed by atoms with van der Waals surface area (Å²) in [4.78, 5) is 22.9. The van der Waals surface area contributed by atoms with Gasteiger partial charge in [0, 0.05) is 43.4 Å². The summed E-state index contributed by atoms with van der Waals surface area (Å²) >= 11 is 1.92. The summed E-state index contributed by atoms with van der Waals surface area (Å²) in [7, 11) is 0. The van der Waals surface area contributed by atoms with Crippen molar-refractivity contribution in [3.63, 3.8) is 0 Å². The van der Waals surface area contributed by atoms with E-state index >= 15 is 0 Å². The number of hydrogen-bond donors (Lipinski definition) is 2. The van der Waals surface area contributed by atoms with Crippen LogP contribution < -0.4 is 10.6 Å². The number of benzene rings is 1. The molecule has 0 saturated carbocycles. The third-order valence-electron chi connectivity index (χ3n) is 3.59. The normalized spacial score (nSPS) is 15.2. The highest BCUT2D eigenvalue weighted by Gasteiger charge is 2.13. The molecule has 1 aliphatic heterocycles. The SMILES string of the molecule is CC(=O)Nc1ccc(CC(=O)NCCSC2CCOCC2)cc1. The van der Waals surface area contributed by atoms with Crippen LogP contribution in [0.15, 0.2) is 24.3 Å². The lowest BCUT2D eigenvalue weighted by Gasteiger charge is -2.21. The molecule has 126 valence electrons. The summed E-state index contributed by atoms with van der Waals surface area (Å²) in [5.41, 5.74) is 1.68. The van der Waals surface area contributed by atoms with Crippen LogP contribution in [-0.2, 0) is 20.7 Å². The van der Waals surface area contributed by atoms with Crippen LogP contribution in [0.5, 0.6) is 0 Å². The largest absolute Gasteiger partial charge is 0.381 e. The van der Waals surface area contributed by atoms with Crippen LogP contribution in [0.2, 0.25) is 0 Å². The van der Waals surface area contributed by atoms with Crippen LogP contribution in [0.25, 0.3) is 0 Å². The van der Waals surface area contributed by atoms with Crippen molar-refractivity contribution in [2.45, 2.75) is 31.4 Å². The Morgan fingerprint density at radius 3 is 2.57 bits per heavy atom. The van der Waals surface area contributed by atoms with E-state index in [1.165, 1.54) is 6.92 Å². The van der Waals surface area contributed by atoms with Crippen LogP contribution in [0.1, 0.15) is 25.3 Å². The molecule has 0 aliphatic carbocycles. The number of thioether (sulfide) groups is 1. The number of rotatable bonds is 7. The first-order valence-corrected chi connectivity index (χ1v) is 9.01. The fourth-order valence-electron chi connectivity index (χ4n) is 2.42. The molecule has 2 rings (SSSR count). The second kappa shape index (κ2) is 9.57. The molecular weight excluding hydrogens is 312 g/mol. The molecular formula is C17H24N2O3S. The van der Waals surface area contributed by atoms with Crippen molar-refractivity contribution in [1.29, 1.82) is 0 Å². The van der Waals surface area contributed by atoms with E-state index < -0.39 is 0 Å². The van der Waals surface area contributed by atoms with E-state index in [9.17, 15) is 9.59 Å². The van der Waals surface area contributed by atoms with Crippen molar-refractivity contribution in [2.24, 2.45) is 0 Å². The standard InChI is InChI=1S/C17H24N2O3S/c1-13(20)19-15-4-2-14(3-5-15)12-17(21)18-8-11-23-16-6-9-22-10-7-16/h2-5,16H,6-12H2,1H3,(H,18,21)(H,19,20). The fourth-order valence-corrected chi connectivity index (χ4v) is 3.49. The second-order valence-electron chi connectivity index (χ2n) is 5.59. The smallest absolute Gasteiger partial charge is 0.224 e. The highest BCUT2D eigenvalue weighted by Crippen LogP contribution is 2.21. The van der Waals surface area contributed by atoms with Crippen LogP contribution >= 0.6 is 11.8 Å². The van der Waals surface area contributed by atoms with E-state index in [0.717, 1.165) is 43.1 Å². The molecule has 6 heteroatoms. The van der Waals surface area contributed by atoms with Crippen LogP contribution in [0.3, 0.4) is 0 Å². The van der Waals surface area contributed by atoms with Crippen molar-refractivity contribution in [2.75, 3.05) is 30.8 Å². The van der Waals surface area contributed by atoms with Crippen LogP contribution in [-0.4, -0.2) is 42.6 Å². The third-order valence-corrected chi connectivity index (χ3v) is 4.97. The minimum atomic E-state index is -0.0995. The molecule has 0 unspecified atom stereocenters. The average molecular weight is 336 g/mol. The molecule has 0 spiro atoms. The van der Waals surface area contributed by atoms with Gasteiger partial charge in [0.05, 0.1) is 6.42 Å². The molecule has 1 aromatic rings. The molecule has 0 atom stereocenters. The molecule has 5 nitrogen and oxygen atoms in total. The highest BCUT2D eigenvalue weighted by molar-refractivity contribution is 7.99. The van der Waals surface area contributed by atoms with E-state index in [1.54, 1.807) is 0 Å². The lowest BCUT2D eigenvalue weighted by molar-refractivity contribution is -0.120. The number of anilines is 1. The maximum atomic E-state index is 11.9. The van der Waals surface area contributed by atoms with Crippen molar-refractivity contribution in [3.05, 3.63) is 29.8 Å². The van der Waals surface area contributed by atoms with Gasteiger partial charge in [-0.2, -0.15) is 11.8 Å². The zero-order chi connectivity index (χ0) is 16.5. The van der Waals surface area contributed by atoms with Crippen LogP contribution in [0, 0.1) is 0 Å². The molecule has 1 saturated heterocycles. The number of hydrogen-bond acceptors (Lipinski definition) is 4. The summed E-state index contributed by atoms with van der Waals surface area (Å²) in [6.45, 7) is 3.89. The zero-order valence-electron chi connectivity index (χ0n) is 13.5. The quantitative estimate of drug-likeness (QED) is 0.749. The van der Waals surface area contributed by atoms with Gasteiger partial charge in [0.25, 0.3) is 0 Å². The van der Waals surface area contributed by atoms with Gasteiger partial charge in [-0.1, -0.05) is 12.1 Å². The number of nitrogens with one attached hydrogen (secondary N) is 2. The minimum absolute atomic E-state index is 0.0323. The highest BCUT2D eigenvalue weighted by atomic mass is 32.2. The number of amides is 2. The molecule has 2 amide bonds. The molecule has 0 bridgehead atoms. The van der Waals surface area contributed by atoms with E-state index in [-0.39, 0.29) is 11.8 Å². The van der Waals surface area contributed by atoms with Gasteiger partial charge >= 0.3 is 0 Å². The second-order valence-corrected chi connectivity index (χ2v) is 7.00. The Kier molecular flexibility index (Phi) is 7.42. The van der Waals surface area contributed by atoms with E-state index in [0.29, 0.717) is 18.2 Å². The van der Waals surface area contributed by atoms with Crippen LogP contribution in [0.4, 0.5) is 5.69 Å². The number of ether oxygens (including phenoxy) is 1. The van der Waals surface area contributed by atoms with E-state index in [1.807, 2.05) is 36.0 Å². The Balaban J connectivity index is 1.63. The molecule has 0 aromatic heterocycles. The maximum Gasteiger partial charge on any atom is 0.224 e. The molecule has 1 aliphatic rings. The monoisotopic (exact) mass is 336 g/mol. The topological polar surface area (TPSA) is 67.4 Å². The van der Waals surface area contributed by atoms with Crippen molar-refractivity contribution < 1.29 is 14.3 Å². The Morgan fingerprint density at radius 2 is 1.91 bits per heavy atom. The zero-order valence-corrected chi connectivity index (χ0v) is 14.3. The first kappa shape index (κ1) is 17.8. The van der Waals surface area contributed by atoms with Gasteiger partial charge in [0.15, 0.2) is 0 Å². The van der Waals surface area contributed by atoms with Gasteiger partial charge in [-0.15, -0.1) is 0 Å². The lowest BCUT2D eigenvalue weighted by atomic mass is 10.1. The maximum absolute atomic E-state index is 11.9. The third kappa shape index (κ3) is 7.05. The van der Waals surface area contributed by atoms with Crippen molar-refractivity contribution in [1.82, 2.24) is 5.32 Å². The first-order valence-electron chi connectivity index (χ1n) is 7.96. The molecule has 1 fully saturated rings. The summed E-state index contributed by atoms with van der Waals surface area (Å²) in [5, 5.41) is 6.33. The molecule has 23 heavy (non-hydrogen) atoms. The first-order chi connectivity index (χ1) is 11.1. The Bertz CT molecular complexity index is 513. The summed E-state index contributed by atoms with van der Waals surface area (Å²) in [5.74, 6) is 0.875. The fraction of sp³-hybridized carbons (Fsp3) is 0.529.